The Labute approximate surface area is 184 Å². The van der Waals surface area contributed by atoms with Gasteiger partial charge in [0.2, 0.25) is 5.13 Å². The highest BCUT2D eigenvalue weighted by atomic mass is 35.5. The third-order valence-electron chi connectivity index (χ3n) is 4.54. The number of ketones is 1. The van der Waals surface area contributed by atoms with E-state index in [1.807, 2.05) is 0 Å². The number of aliphatic hydroxyl groups is 1. The molecule has 0 radical (unpaired) electrons. The van der Waals surface area contributed by atoms with Gasteiger partial charge >= 0.3 is 5.91 Å². The van der Waals surface area contributed by atoms with E-state index in [9.17, 15) is 19.1 Å². The van der Waals surface area contributed by atoms with Gasteiger partial charge in [0, 0.05) is 5.56 Å². The highest BCUT2D eigenvalue weighted by Crippen LogP contribution is 2.43. The second kappa shape index (κ2) is 7.79. The number of benzene rings is 2. The molecule has 0 spiro atoms. The van der Waals surface area contributed by atoms with Crippen molar-refractivity contribution < 1.29 is 19.1 Å². The first-order valence-corrected chi connectivity index (χ1v) is 10.2. The smallest absolute Gasteiger partial charge is 0.301 e. The van der Waals surface area contributed by atoms with E-state index in [1.165, 1.54) is 29.2 Å². The van der Waals surface area contributed by atoms with Crippen LogP contribution in [0.3, 0.4) is 0 Å². The van der Waals surface area contributed by atoms with Crippen LogP contribution in [0.1, 0.15) is 22.2 Å². The molecule has 0 saturated carbocycles. The van der Waals surface area contributed by atoms with Crippen LogP contribution in [-0.4, -0.2) is 27.0 Å². The lowest BCUT2D eigenvalue weighted by Crippen LogP contribution is -2.29. The molecule has 0 aliphatic carbocycles. The standard InChI is InChI=1S/C20H12Cl2FN3O3S/c1-9-24-25-20(30-9)26-16(11-4-7-13(21)14(22)8-11)15(18(28)19(26)29)17(27)10-2-5-12(23)6-3-10/h2-8,16,27H,1H3/t16-/m0/s1. The van der Waals surface area contributed by atoms with Crippen molar-refractivity contribution in [2.45, 2.75) is 13.0 Å². The van der Waals surface area contributed by atoms with Crippen molar-refractivity contribution in [3.63, 3.8) is 0 Å². The zero-order chi connectivity index (χ0) is 21.6. The Bertz CT molecular complexity index is 1210. The number of halogens is 3. The lowest BCUT2D eigenvalue weighted by Gasteiger charge is -2.22. The molecule has 1 saturated heterocycles. The maximum atomic E-state index is 13.3. The molecular weight excluding hydrogens is 452 g/mol. The van der Waals surface area contributed by atoms with Crippen LogP contribution in [0.2, 0.25) is 10.0 Å². The van der Waals surface area contributed by atoms with Gasteiger partial charge in [-0.3, -0.25) is 14.5 Å². The molecule has 152 valence electrons. The lowest BCUT2D eigenvalue weighted by molar-refractivity contribution is -0.132. The zero-order valence-corrected chi connectivity index (χ0v) is 17.6. The maximum absolute atomic E-state index is 13.3. The normalized spacial score (nSPS) is 18.3. The van der Waals surface area contributed by atoms with Crippen molar-refractivity contribution in [2.75, 3.05) is 4.90 Å². The topological polar surface area (TPSA) is 83.4 Å². The molecule has 1 fully saturated rings. The average molecular weight is 464 g/mol. The highest BCUT2D eigenvalue weighted by Gasteiger charge is 2.48. The number of carbonyl (C=O) groups excluding carboxylic acids is 2. The number of aliphatic hydroxyl groups excluding tert-OH is 1. The quantitative estimate of drug-likeness (QED) is 0.338. The Balaban J connectivity index is 1.96. The Morgan fingerprint density at radius 3 is 2.40 bits per heavy atom. The summed E-state index contributed by atoms with van der Waals surface area (Å²) in [6, 6.07) is 8.56. The van der Waals surface area contributed by atoms with Gasteiger partial charge in [-0.05, 0) is 48.9 Å². The molecule has 30 heavy (non-hydrogen) atoms. The van der Waals surface area contributed by atoms with Crippen LogP contribution in [0, 0.1) is 12.7 Å². The summed E-state index contributed by atoms with van der Waals surface area (Å²) < 4.78 is 13.3. The third kappa shape index (κ3) is 3.47. The summed E-state index contributed by atoms with van der Waals surface area (Å²) in [6.07, 6.45) is 0. The van der Waals surface area contributed by atoms with Crippen molar-refractivity contribution in [2.24, 2.45) is 0 Å². The molecule has 6 nitrogen and oxygen atoms in total. The van der Waals surface area contributed by atoms with E-state index in [0.29, 0.717) is 15.6 Å². The fraction of sp³-hybridized carbons (Fsp3) is 0.100. The molecule has 1 aromatic heterocycles. The molecule has 4 rings (SSSR count). The second-order valence-electron chi connectivity index (χ2n) is 6.45. The van der Waals surface area contributed by atoms with Gasteiger partial charge in [-0.2, -0.15) is 0 Å². The van der Waals surface area contributed by atoms with Gasteiger partial charge in [0.05, 0.1) is 21.7 Å². The number of anilines is 1. The van der Waals surface area contributed by atoms with E-state index >= 15 is 0 Å². The van der Waals surface area contributed by atoms with Crippen molar-refractivity contribution in [3.05, 3.63) is 80.0 Å². The number of nitrogens with zero attached hydrogens (tertiary/aromatic N) is 3. The third-order valence-corrected chi connectivity index (χ3v) is 6.12. The molecule has 1 N–H and O–H groups in total. The zero-order valence-electron chi connectivity index (χ0n) is 15.3. The van der Waals surface area contributed by atoms with Crippen molar-refractivity contribution in [1.29, 1.82) is 0 Å². The van der Waals surface area contributed by atoms with Crippen molar-refractivity contribution in [1.82, 2.24) is 10.2 Å². The minimum absolute atomic E-state index is 0.169. The summed E-state index contributed by atoms with van der Waals surface area (Å²) in [7, 11) is 0. The van der Waals surface area contributed by atoms with E-state index in [1.54, 1.807) is 13.0 Å². The van der Waals surface area contributed by atoms with E-state index in [-0.39, 0.29) is 21.3 Å². The van der Waals surface area contributed by atoms with Gasteiger partial charge in [-0.15, -0.1) is 10.2 Å². The van der Waals surface area contributed by atoms with Gasteiger partial charge in [0.25, 0.3) is 5.78 Å². The van der Waals surface area contributed by atoms with E-state index in [0.717, 1.165) is 23.5 Å². The Morgan fingerprint density at radius 2 is 1.80 bits per heavy atom. The monoisotopic (exact) mass is 463 g/mol. The highest BCUT2D eigenvalue weighted by molar-refractivity contribution is 7.15. The Morgan fingerprint density at radius 1 is 1.10 bits per heavy atom. The number of rotatable bonds is 3. The minimum Gasteiger partial charge on any atom is -0.507 e. The SMILES string of the molecule is Cc1nnc(N2C(=O)C(=O)C(=C(O)c3ccc(F)cc3)[C@@H]2c2ccc(Cl)c(Cl)c2)s1. The summed E-state index contributed by atoms with van der Waals surface area (Å²) in [4.78, 5) is 27.0. The fourth-order valence-corrected chi connectivity index (χ4v) is 4.20. The van der Waals surface area contributed by atoms with Gasteiger partial charge in [0.1, 0.15) is 16.6 Å². The molecule has 2 heterocycles. The summed E-state index contributed by atoms with van der Waals surface area (Å²) in [6.45, 7) is 1.71. The first kappa shape index (κ1) is 20.5. The molecular formula is C20H12Cl2FN3O3S. The second-order valence-corrected chi connectivity index (χ2v) is 8.43. The number of hydrogen-bond acceptors (Lipinski definition) is 6. The Hall–Kier alpha value is -2.81. The lowest BCUT2D eigenvalue weighted by atomic mass is 9.95. The van der Waals surface area contributed by atoms with Crippen molar-refractivity contribution in [3.8, 4) is 0 Å². The summed E-state index contributed by atoms with van der Waals surface area (Å²) in [5.41, 5.74) is 0.464. The molecule has 0 bridgehead atoms. The van der Waals surface area contributed by atoms with Crippen LogP contribution < -0.4 is 4.90 Å². The van der Waals surface area contributed by atoms with Gasteiger partial charge in [-0.25, -0.2) is 4.39 Å². The van der Waals surface area contributed by atoms with Crippen molar-refractivity contribution >= 4 is 57.1 Å². The van der Waals surface area contributed by atoms with Gasteiger partial charge in [0.15, 0.2) is 0 Å². The molecule has 1 amide bonds. The van der Waals surface area contributed by atoms with Gasteiger partial charge in [-0.1, -0.05) is 40.6 Å². The van der Waals surface area contributed by atoms with Crippen LogP contribution in [0.25, 0.3) is 5.76 Å². The number of Topliss-reactive ketones (excluding diaryl/α,β-unsaturated/α-hetero) is 1. The predicted octanol–water partition coefficient (Wildman–Crippen LogP) is 4.92. The molecule has 1 aliphatic heterocycles. The van der Waals surface area contributed by atoms with Crippen LogP contribution in [0.4, 0.5) is 9.52 Å². The predicted molar refractivity (Wildman–Crippen MR) is 112 cm³/mol. The van der Waals surface area contributed by atoms with E-state index < -0.39 is 29.3 Å². The Kier molecular flexibility index (Phi) is 5.31. The summed E-state index contributed by atoms with van der Waals surface area (Å²) in [5.74, 6) is -2.71. The number of carbonyl (C=O) groups is 2. The maximum Gasteiger partial charge on any atom is 0.301 e. The first-order valence-electron chi connectivity index (χ1n) is 8.60. The van der Waals surface area contributed by atoms with Crippen LogP contribution in [0.15, 0.2) is 48.0 Å². The number of aromatic nitrogens is 2. The van der Waals surface area contributed by atoms with E-state index in [4.69, 9.17) is 23.2 Å². The largest absolute Gasteiger partial charge is 0.507 e. The number of aryl methyl sites for hydroxylation is 1. The molecule has 3 aromatic rings. The number of amides is 1. The molecule has 1 atom stereocenters. The first-order chi connectivity index (χ1) is 14.3. The summed E-state index contributed by atoms with van der Waals surface area (Å²) >= 11 is 13.3. The van der Waals surface area contributed by atoms with Gasteiger partial charge < -0.3 is 5.11 Å². The molecule has 0 unspecified atom stereocenters. The van der Waals surface area contributed by atoms with Crippen LogP contribution in [-0.2, 0) is 9.59 Å². The molecule has 10 heteroatoms. The molecule has 2 aromatic carbocycles. The van der Waals surface area contributed by atoms with Crippen LogP contribution >= 0.6 is 34.5 Å². The van der Waals surface area contributed by atoms with Crippen LogP contribution in [0.5, 0.6) is 0 Å². The minimum atomic E-state index is -1.02. The average Bonchev–Trinajstić information content (AvgIpc) is 3.25. The fourth-order valence-electron chi connectivity index (χ4n) is 3.17. The van der Waals surface area contributed by atoms with E-state index in [2.05, 4.69) is 10.2 Å². The molecule has 1 aliphatic rings. The number of hydrogen-bond donors (Lipinski definition) is 1. The summed E-state index contributed by atoms with van der Waals surface area (Å²) in [5, 5.41) is 20.1.